The van der Waals surface area contributed by atoms with Crippen LogP contribution in [0.1, 0.15) is 34.3 Å². The van der Waals surface area contributed by atoms with Crippen LogP contribution in [-0.4, -0.2) is 61.2 Å². The van der Waals surface area contributed by atoms with Crippen LogP contribution in [-0.2, 0) is 22.1 Å². The van der Waals surface area contributed by atoms with Gasteiger partial charge in [0.2, 0.25) is 5.91 Å². The zero-order valence-electron chi connectivity index (χ0n) is 18.9. The fourth-order valence-electron chi connectivity index (χ4n) is 5.73. The standard InChI is InChI=1S/C25H21F2N5O4/c26-25(27)17-4-2-1-3-15(17)16-7-14(5-6-18(16)25)22(34)29-10-21(33)32-19(23(35)36)8-24(9-20(24)32)11-31-13-28-12-30-31/h1-7,12-13,19-20H,8-11H2,(H,29,34)(H,35,36). The number of amides is 2. The van der Waals surface area contributed by atoms with Crippen molar-refractivity contribution in [1.29, 1.82) is 0 Å². The van der Waals surface area contributed by atoms with E-state index in [4.69, 9.17) is 0 Å². The molecule has 2 heterocycles. The smallest absolute Gasteiger partial charge is 0.326 e. The summed E-state index contributed by atoms with van der Waals surface area (Å²) in [5.74, 6) is -5.36. The molecule has 1 aromatic heterocycles. The highest BCUT2D eigenvalue weighted by Gasteiger charge is 2.67. The van der Waals surface area contributed by atoms with Gasteiger partial charge < -0.3 is 15.3 Å². The molecule has 0 radical (unpaired) electrons. The number of piperidine rings is 1. The van der Waals surface area contributed by atoms with Gasteiger partial charge in [-0.1, -0.05) is 30.3 Å². The van der Waals surface area contributed by atoms with Crippen molar-refractivity contribution in [2.24, 2.45) is 5.41 Å². The molecule has 184 valence electrons. The molecule has 2 fully saturated rings. The molecule has 2 aliphatic carbocycles. The highest BCUT2D eigenvalue weighted by Crippen LogP contribution is 2.60. The Morgan fingerprint density at radius 2 is 1.86 bits per heavy atom. The number of carboxylic acids is 1. The zero-order valence-corrected chi connectivity index (χ0v) is 18.9. The maximum absolute atomic E-state index is 14.8. The van der Waals surface area contributed by atoms with Crippen molar-refractivity contribution in [3.05, 3.63) is 71.8 Å². The number of benzene rings is 2. The molecule has 6 rings (SSSR count). The second-order valence-corrected chi connectivity index (χ2v) is 9.60. The number of alkyl halides is 2. The Balaban J connectivity index is 1.17. The molecule has 1 saturated carbocycles. The number of halogens is 2. The van der Waals surface area contributed by atoms with Crippen LogP contribution in [0.25, 0.3) is 11.1 Å². The summed E-state index contributed by atoms with van der Waals surface area (Å²) in [5.41, 5.74) is 0.111. The third kappa shape index (κ3) is 3.29. The van der Waals surface area contributed by atoms with Crippen LogP contribution < -0.4 is 5.32 Å². The summed E-state index contributed by atoms with van der Waals surface area (Å²) < 4.78 is 31.2. The molecule has 0 spiro atoms. The van der Waals surface area contributed by atoms with Gasteiger partial charge in [-0.25, -0.2) is 9.78 Å². The molecule has 9 nitrogen and oxygen atoms in total. The van der Waals surface area contributed by atoms with Gasteiger partial charge in [0.05, 0.1) is 13.1 Å². The van der Waals surface area contributed by atoms with E-state index in [0.29, 0.717) is 24.9 Å². The van der Waals surface area contributed by atoms with Crippen LogP contribution in [0.3, 0.4) is 0 Å². The first-order valence-electron chi connectivity index (χ1n) is 11.5. The quantitative estimate of drug-likeness (QED) is 0.544. The first kappa shape index (κ1) is 22.3. The Morgan fingerprint density at radius 1 is 1.08 bits per heavy atom. The normalized spacial score (nSPS) is 24.6. The summed E-state index contributed by atoms with van der Waals surface area (Å²) in [4.78, 5) is 43.0. The van der Waals surface area contributed by atoms with Crippen molar-refractivity contribution in [3.63, 3.8) is 0 Å². The number of rotatable bonds is 6. The average Bonchev–Trinajstić information content (AvgIpc) is 3.16. The van der Waals surface area contributed by atoms with E-state index in [1.165, 1.54) is 35.5 Å². The van der Waals surface area contributed by atoms with Crippen LogP contribution in [0.15, 0.2) is 55.1 Å². The molecule has 2 N–H and O–H groups in total. The number of carbonyl (C=O) groups is 3. The van der Waals surface area contributed by atoms with Gasteiger partial charge in [0.1, 0.15) is 18.7 Å². The van der Waals surface area contributed by atoms with E-state index in [0.717, 1.165) is 0 Å². The van der Waals surface area contributed by atoms with Crippen molar-refractivity contribution in [2.75, 3.05) is 6.54 Å². The van der Waals surface area contributed by atoms with Gasteiger partial charge in [-0.05, 0) is 36.1 Å². The molecule has 0 bridgehead atoms. The van der Waals surface area contributed by atoms with Crippen molar-refractivity contribution in [1.82, 2.24) is 25.0 Å². The van der Waals surface area contributed by atoms with Crippen LogP contribution >= 0.6 is 0 Å². The number of nitrogens with one attached hydrogen (secondary N) is 1. The fraction of sp³-hybridized carbons (Fsp3) is 0.320. The molecule has 36 heavy (non-hydrogen) atoms. The second kappa shape index (κ2) is 7.67. The number of hydrogen-bond donors (Lipinski definition) is 2. The minimum Gasteiger partial charge on any atom is -0.480 e. The Kier molecular flexibility index (Phi) is 4.76. The Bertz CT molecular complexity index is 1410. The molecular formula is C25H21F2N5O4. The number of hydrogen-bond acceptors (Lipinski definition) is 5. The van der Waals surface area contributed by atoms with E-state index in [-0.39, 0.29) is 33.7 Å². The van der Waals surface area contributed by atoms with Gasteiger partial charge in [-0.2, -0.15) is 13.9 Å². The Labute approximate surface area is 203 Å². The van der Waals surface area contributed by atoms with Crippen LogP contribution in [0, 0.1) is 5.41 Å². The van der Waals surface area contributed by atoms with E-state index in [1.54, 1.807) is 29.2 Å². The SMILES string of the molecule is O=C(NCC(=O)N1C(C(=O)O)CC2(Cn3cncn3)CC12)c1ccc2c(c1)-c1ccccc1C2(F)F. The van der Waals surface area contributed by atoms with E-state index in [1.807, 2.05) is 0 Å². The summed E-state index contributed by atoms with van der Waals surface area (Å²) in [7, 11) is 0. The average molecular weight is 493 g/mol. The van der Waals surface area contributed by atoms with Gasteiger partial charge in [-0.15, -0.1) is 0 Å². The lowest BCUT2D eigenvalue weighted by Crippen LogP contribution is -2.47. The number of likely N-dealkylation sites (tertiary alicyclic amines) is 1. The van der Waals surface area contributed by atoms with E-state index >= 15 is 0 Å². The number of fused-ring (bicyclic) bond motifs is 4. The lowest BCUT2D eigenvalue weighted by molar-refractivity contribution is -0.149. The molecule has 3 atom stereocenters. The van der Waals surface area contributed by atoms with Gasteiger partial charge in [0.15, 0.2) is 0 Å². The Hall–Kier alpha value is -4.15. The lowest BCUT2D eigenvalue weighted by atomic mass is 10.00. The van der Waals surface area contributed by atoms with Gasteiger partial charge in [0.25, 0.3) is 11.8 Å². The molecule has 11 heteroatoms. The largest absolute Gasteiger partial charge is 0.480 e. The zero-order chi connectivity index (χ0) is 25.2. The van der Waals surface area contributed by atoms with Gasteiger partial charge >= 0.3 is 5.97 Å². The summed E-state index contributed by atoms with van der Waals surface area (Å²) >= 11 is 0. The first-order chi connectivity index (χ1) is 17.2. The lowest BCUT2D eigenvalue weighted by Gasteiger charge is -2.24. The number of aliphatic carboxylic acids is 1. The molecular weight excluding hydrogens is 472 g/mol. The maximum Gasteiger partial charge on any atom is 0.326 e. The number of nitrogens with zero attached hydrogens (tertiary/aromatic N) is 4. The molecule has 1 saturated heterocycles. The molecule has 2 aromatic carbocycles. The van der Waals surface area contributed by atoms with E-state index < -0.39 is 36.3 Å². The molecule has 2 amide bonds. The number of aromatic nitrogens is 3. The molecule has 3 aliphatic rings. The molecule has 3 unspecified atom stereocenters. The number of carbonyl (C=O) groups excluding carboxylic acids is 2. The van der Waals surface area contributed by atoms with Gasteiger partial charge in [-0.3, -0.25) is 14.3 Å². The second-order valence-electron chi connectivity index (χ2n) is 9.60. The first-order valence-corrected chi connectivity index (χ1v) is 11.5. The predicted molar refractivity (Wildman–Crippen MR) is 121 cm³/mol. The van der Waals surface area contributed by atoms with E-state index in [2.05, 4.69) is 15.4 Å². The fourth-order valence-corrected chi connectivity index (χ4v) is 5.73. The third-order valence-corrected chi connectivity index (χ3v) is 7.51. The van der Waals surface area contributed by atoms with Crippen LogP contribution in [0.2, 0.25) is 0 Å². The third-order valence-electron chi connectivity index (χ3n) is 7.51. The van der Waals surface area contributed by atoms with Crippen molar-refractivity contribution in [3.8, 4) is 11.1 Å². The van der Waals surface area contributed by atoms with Gasteiger partial charge in [0, 0.05) is 28.1 Å². The Morgan fingerprint density at radius 3 is 2.61 bits per heavy atom. The van der Waals surface area contributed by atoms with Crippen molar-refractivity contribution < 1.29 is 28.3 Å². The van der Waals surface area contributed by atoms with Crippen molar-refractivity contribution >= 4 is 17.8 Å². The molecule has 3 aromatic rings. The monoisotopic (exact) mass is 493 g/mol. The molecule has 1 aliphatic heterocycles. The van der Waals surface area contributed by atoms with Crippen LogP contribution in [0.5, 0.6) is 0 Å². The summed E-state index contributed by atoms with van der Waals surface area (Å²) in [6.07, 6.45) is 3.89. The summed E-state index contributed by atoms with van der Waals surface area (Å²) in [5, 5.41) is 16.3. The summed E-state index contributed by atoms with van der Waals surface area (Å²) in [6.45, 7) is 0.0567. The number of carboxylic acid groups (broad SMARTS) is 1. The van der Waals surface area contributed by atoms with Crippen molar-refractivity contribution in [2.45, 2.75) is 37.4 Å². The highest BCUT2D eigenvalue weighted by molar-refractivity contribution is 5.99. The van der Waals surface area contributed by atoms with E-state index in [9.17, 15) is 28.3 Å². The predicted octanol–water partition coefficient (Wildman–Crippen LogP) is 2.27. The highest BCUT2D eigenvalue weighted by atomic mass is 19.3. The topological polar surface area (TPSA) is 117 Å². The minimum atomic E-state index is -3.15. The van der Waals surface area contributed by atoms with Crippen LogP contribution in [0.4, 0.5) is 8.78 Å². The maximum atomic E-state index is 14.8. The summed E-state index contributed by atoms with van der Waals surface area (Å²) in [6, 6.07) is 8.83. The minimum absolute atomic E-state index is 0.111.